The van der Waals surface area contributed by atoms with Gasteiger partial charge in [-0.25, -0.2) is 4.79 Å². The molecule has 0 aliphatic heterocycles. The highest BCUT2D eigenvalue weighted by Crippen LogP contribution is 2.31. The monoisotopic (exact) mass is 219 g/mol. The lowest BCUT2D eigenvalue weighted by Crippen LogP contribution is -2.35. The van der Waals surface area contributed by atoms with Gasteiger partial charge in [0, 0.05) is 12.8 Å². The van der Waals surface area contributed by atoms with E-state index < -0.39 is 11.6 Å². The average molecular weight is 219 g/mol. The number of carbonyl (C=O) groups excluding carboxylic acids is 1. The number of carbonyl (C=O) groups is 1. The zero-order chi connectivity index (χ0) is 11.4. The van der Waals surface area contributed by atoms with E-state index in [9.17, 15) is 4.79 Å². The second-order valence-electron chi connectivity index (χ2n) is 4.07. The van der Waals surface area contributed by atoms with E-state index in [1.165, 1.54) is 18.6 Å². The molecule has 0 amide bonds. The molecular formula is C12H13NO3. The molecule has 1 aliphatic rings. The molecule has 0 radical (unpaired) electrons. The van der Waals surface area contributed by atoms with Crippen molar-refractivity contribution in [2.75, 3.05) is 0 Å². The minimum Gasteiger partial charge on any atom is -0.472 e. The Morgan fingerprint density at radius 3 is 2.75 bits per heavy atom. The Bertz CT molecular complexity index is 396. The summed E-state index contributed by atoms with van der Waals surface area (Å²) in [5.74, 6) is -0.475. The molecule has 0 aromatic carbocycles. The molecule has 1 aromatic heterocycles. The lowest BCUT2D eigenvalue weighted by Gasteiger charge is -2.29. The summed E-state index contributed by atoms with van der Waals surface area (Å²) in [4.78, 5) is 11.7. The fourth-order valence-electron chi connectivity index (χ4n) is 1.98. The molecule has 4 nitrogen and oxygen atoms in total. The third-order valence-electron chi connectivity index (χ3n) is 2.91. The van der Waals surface area contributed by atoms with Gasteiger partial charge < -0.3 is 9.15 Å². The van der Waals surface area contributed by atoms with Crippen molar-refractivity contribution in [2.45, 2.75) is 37.7 Å². The Kier molecular flexibility index (Phi) is 2.95. The second-order valence-corrected chi connectivity index (χ2v) is 4.07. The van der Waals surface area contributed by atoms with E-state index in [0.717, 1.165) is 19.3 Å². The van der Waals surface area contributed by atoms with E-state index in [1.807, 2.05) is 0 Å². The van der Waals surface area contributed by atoms with Crippen LogP contribution in [0.1, 0.15) is 42.5 Å². The molecule has 4 heteroatoms. The molecule has 0 bridgehead atoms. The highest BCUT2D eigenvalue weighted by Gasteiger charge is 2.36. The van der Waals surface area contributed by atoms with Crippen LogP contribution in [-0.4, -0.2) is 11.6 Å². The lowest BCUT2D eigenvalue weighted by molar-refractivity contribution is -0.00774. The molecular weight excluding hydrogens is 206 g/mol. The van der Waals surface area contributed by atoms with Gasteiger partial charge in [0.15, 0.2) is 5.60 Å². The van der Waals surface area contributed by atoms with Crippen molar-refractivity contribution in [1.82, 2.24) is 0 Å². The van der Waals surface area contributed by atoms with E-state index in [2.05, 4.69) is 6.07 Å². The second kappa shape index (κ2) is 4.40. The van der Waals surface area contributed by atoms with Gasteiger partial charge in [-0.2, -0.15) is 5.26 Å². The van der Waals surface area contributed by atoms with Crippen LogP contribution in [0, 0.1) is 11.3 Å². The molecule has 0 spiro atoms. The molecule has 1 saturated carbocycles. The number of rotatable bonds is 2. The van der Waals surface area contributed by atoms with Crippen molar-refractivity contribution in [3.8, 4) is 6.07 Å². The van der Waals surface area contributed by atoms with Gasteiger partial charge in [0.1, 0.15) is 12.3 Å². The molecule has 1 heterocycles. The van der Waals surface area contributed by atoms with Gasteiger partial charge in [0.25, 0.3) is 0 Å². The normalized spacial score (nSPS) is 18.7. The van der Waals surface area contributed by atoms with E-state index in [0.29, 0.717) is 18.4 Å². The molecule has 1 fully saturated rings. The summed E-state index contributed by atoms with van der Waals surface area (Å²) in [6.07, 6.45) is 6.98. The number of ether oxygens (including phenoxy) is 1. The summed E-state index contributed by atoms with van der Waals surface area (Å²) in [6, 6.07) is 3.67. The summed E-state index contributed by atoms with van der Waals surface area (Å²) in [7, 11) is 0. The van der Waals surface area contributed by atoms with Crippen LogP contribution in [0.2, 0.25) is 0 Å². The van der Waals surface area contributed by atoms with Crippen molar-refractivity contribution in [3.05, 3.63) is 24.2 Å². The van der Waals surface area contributed by atoms with Crippen LogP contribution < -0.4 is 0 Å². The number of esters is 1. The standard InChI is InChI=1S/C12H13NO3/c13-9-12(5-2-1-3-6-12)16-11(14)10-4-7-15-8-10/h4,7-8H,1-3,5-6H2. The molecule has 0 saturated heterocycles. The Morgan fingerprint density at radius 2 is 2.19 bits per heavy atom. The minimum atomic E-state index is -0.924. The number of furan rings is 1. The average Bonchev–Trinajstić information content (AvgIpc) is 2.84. The quantitative estimate of drug-likeness (QED) is 0.717. The first-order valence-corrected chi connectivity index (χ1v) is 5.43. The molecule has 1 aliphatic carbocycles. The fraction of sp³-hybridized carbons (Fsp3) is 0.500. The number of hydrogen-bond donors (Lipinski definition) is 0. The highest BCUT2D eigenvalue weighted by molar-refractivity contribution is 5.89. The minimum absolute atomic E-state index is 0.361. The van der Waals surface area contributed by atoms with E-state index in [1.54, 1.807) is 0 Å². The Hall–Kier alpha value is -1.76. The molecule has 0 atom stereocenters. The van der Waals surface area contributed by atoms with Crippen LogP contribution in [0.15, 0.2) is 23.0 Å². The maximum absolute atomic E-state index is 11.7. The molecule has 16 heavy (non-hydrogen) atoms. The number of hydrogen-bond acceptors (Lipinski definition) is 4. The molecule has 2 rings (SSSR count). The van der Waals surface area contributed by atoms with E-state index in [4.69, 9.17) is 14.4 Å². The van der Waals surface area contributed by atoms with Crippen LogP contribution >= 0.6 is 0 Å². The predicted octanol–water partition coefficient (Wildman–Crippen LogP) is 2.66. The smallest absolute Gasteiger partial charge is 0.343 e. The topological polar surface area (TPSA) is 63.2 Å². The third kappa shape index (κ3) is 2.08. The van der Waals surface area contributed by atoms with Gasteiger partial charge in [-0.05, 0) is 18.9 Å². The maximum atomic E-state index is 11.7. The molecule has 0 unspecified atom stereocenters. The van der Waals surface area contributed by atoms with Gasteiger partial charge in [-0.1, -0.05) is 6.42 Å². The molecule has 0 N–H and O–H groups in total. The van der Waals surface area contributed by atoms with E-state index >= 15 is 0 Å². The van der Waals surface area contributed by atoms with Crippen molar-refractivity contribution >= 4 is 5.97 Å². The van der Waals surface area contributed by atoms with Crippen LogP contribution in [0.4, 0.5) is 0 Å². The van der Waals surface area contributed by atoms with Crippen LogP contribution in [0.25, 0.3) is 0 Å². The number of nitriles is 1. The Labute approximate surface area is 93.8 Å². The van der Waals surface area contributed by atoms with Crippen molar-refractivity contribution in [2.24, 2.45) is 0 Å². The van der Waals surface area contributed by atoms with Gasteiger partial charge in [-0.3, -0.25) is 0 Å². The summed E-state index contributed by atoms with van der Waals surface area (Å²) >= 11 is 0. The summed E-state index contributed by atoms with van der Waals surface area (Å²) < 4.78 is 10.1. The zero-order valence-electron chi connectivity index (χ0n) is 8.94. The largest absolute Gasteiger partial charge is 0.472 e. The van der Waals surface area contributed by atoms with Crippen molar-refractivity contribution in [1.29, 1.82) is 5.26 Å². The van der Waals surface area contributed by atoms with Crippen molar-refractivity contribution in [3.63, 3.8) is 0 Å². The van der Waals surface area contributed by atoms with Crippen LogP contribution in [-0.2, 0) is 4.74 Å². The number of nitrogens with zero attached hydrogens (tertiary/aromatic N) is 1. The summed E-state index contributed by atoms with van der Waals surface area (Å²) in [6.45, 7) is 0. The molecule has 1 aromatic rings. The Balaban J connectivity index is 2.07. The first-order chi connectivity index (χ1) is 7.76. The van der Waals surface area contributed by atoms with Crippen LogP contribution in [0.3, 0.4) is 0 Å². The summed E-state index contributed by atoms with van der Waals surface area (Å²) in [5, 5.41) is 9.14. The van der Waals surface area contributed by atoms with E-state index in [-0.39, 0.29) is 0 Å². The third-order valence-corrected chi connectivity index (χ3v) is 2.91. The van der Waals surface area contributed by atoms with Gasteiger partial charge in [-0.15, -0.1) is 0 Å². The predicted molar refractivity (Wildman–Crippen MR) is 55.6 cm³/mol. The maximum Gasteiger partial charge on any atom is 0.343 e. The summed E-state index contributed by atoms with van der Waals surface area (Å²) in [5.41, 5.74) is -0.563. The first kappa shape index (κ1) is 10.7. The first-order valence-electron chi connectivity index (χ1n) is 5.43. The van der Waals surface area contributed by atoms with Gasteiger partial charge >= 0.3 is 5.97 Å². The SMILES string of the molecule is N#CC1(OC(=O)c2ccoc2)CCCCC1. The van der Waals surface area contributed by atoms with Crippen LogP contribution in [0.5, 0.6) is 0 Å². The Morgan fingerprint density at radius 1 is 1.44 bits per heavy atom. The molecule has 84 valence electrons. The van der Waals surface area contributed by atoms with Gasteiger partial charge in [0.05, 0.1) is 11.8 Å². The fourth-order valence-corrected chi connectivity index (χ4v) is 1.98. The zero-order valence-corrected chi connectivity index (χ0v) is 8.94. The van der Waals surface area contributed by atoms with Gasteiger partial charge in [0.2, 0.25) is 0 Å². The highest BCUT2D eigenvalue weighted by atomic mass is 16.6. The lowest BCUT2D eigenvalue weighted by atomic mass is 9.86. The van der Waals surface area contributed by atoms with Crippen molar-refractivity contribution < 1.29 is 13.9 Å².